The zero-order valence-electron chi connectivity index (χ0n) is 11.5. The van der Waals surface area contributed by atoms with Crippen LogP contribution in [0.25, 0.3) is 0 Å². The van der Waals surface area contributed by atoms with Crippen molar-refractivity contribution in [1.82, 2.24) is 4.90 Å². The lowest BCUT2D eigenvalue weighted by molar-refractivity contribution is -0.146. The highest BCUT2D eigenvalue weighted by Crippen LogP contribution is 2.31. The molecular weight excluding hydrogens is 254 g/mol. The molecule has 0 spiro atoms. The van der Waals surface area contributed by atoms with Crippen LogP contribution in [0, 0.1) is 0 Å². The van der Waals surface area contributed by atoms with E-state index in [9.17, 15) is 9.59 Å². The van der Waals surface area contributed by atoms with Gasteiger partial charge in [-0.1, -0.05) is 30.3 Å². The van der Waals surface area contributed by atoms with E-state index in [4.69, 9.17) is 4.74 Å². The highest BCUT2D eigenvalue weighted by atomic mass is 16.5. The Kier molecular flexibility index (Phi) is 3.83. The third-order valence-electron chi connectivity index (χ3n) is 4.10. The van der Waals surface area contributed by atoms with Crippen molar-refractivity contribution in [2.45, 2.75) is 37.8 Å². The first-order valence-electron chi connectivity index (χ1n) is 7.24. The molecule has 0 radical (unpaired) electrons. The fourth-order valence-electron chi connectivity index (χ4n) is 3.02. The molecule has 0 aliphatic carbocycles. The molecule has 2 aliphatic heterocycles. The molecule has 2 atom stereocenters. The first-order valence-corrected chi connectivity index (χ1v) is 7.24. The molecule has 1 amide bonds. The second-order valence-electron chi connectivity index (χ2n) is 5.45. The van der Waals surface area contributed by atoms with Gasteiger partial charge in [0.2, 0.25) is 0 Å². The molecule has 106 valence electrons. The Hall–Kier alpha value is -1.68. The van der Waals surface area contributed by atoms with Crippen molar-refractivity contribution in [2.24, 2.45) is 0 Å². The fourth-order valence-corrected chi connectivity index (χ4v) is 3.02. The highest BCUT2D eigenvalue weighted by Gasteiger charge is 2.36. The van der Waals surface area contributed by atoms with Gasteiger partial charge in [-0.15, -0.1) is 0 Å². The van der Waals surface area contributed by atoms with E-state index in [2.05, 4.69) is 0 Å². The van der Waals surface area contributed by atoms with Gasteiger partial charge in [0.1, 0.15) is 11.9 Å². The van der Waals surface area contributed by atoms with E-state index in [-0.39, 0.29) is 23.8 Å². The predicted molar refractivity (Wildman–Crippen MR) is 74.1 cm³/mol. The molecular formula is C16H19NO3. The van der Waals surface area contributed by atoms with Crippen LogP contribution >= 0.6 is 0 Å². The fraction of sp³-hybridized carbons (Fsp3) is 0.500. The lowest BCUT2D eigenvalue weighted by Crippen LogP contribution is -2.45. The van der Waals surface area contributed by atoms with Crippen LogP contribution in [0.1, 0.15) is 37.3 Å². The summed E-state index contributed by atoms with van der Waals surface area (Å²) in [7, 11) is 0. The summed E-state index contributed by atoms with van der Waals surface area (Å²) in [6.45, 7) is 1.18. The molecule has 20 heavy (non-hydrogen) atoms. The van der Waals surface area contributed by atoms with Crippen molar-refractivity contribution in [1.29, 1.82) is 0 Å². The Labute approximate surface area is 118 Å². The zero-order valence-corrected chi connectivity index (χ0v) is 11.5. The minimum atomic E-state index is -0.311. The number of carbonyl (C=O) groups excluding carboxylic acids is 2. The molecule has 2 fully saturated rings. The van der Waals surface area contributed by atoms with E-state index >= 15 is 0 Å². The number of Topliss-reactive ketones (excluding diaryl/α,β-unsaturated/α-hetero) is 1. The number of ketones is 1. The summed E-state index contributed by atoms with van der Waals surface area (Å²) >= 11 is 0. The summed E-state index contributed by atoms with van der Waals surface area (Å²) < 4.78 is 5.50. The average Bonchev–Trinajstić information content (AvgIpc) is 3.02. The molecule has 2 aliphatic rings. The quantitative estimate of drug-likeness (QED) is 0.829. The Morgan fingerprint density at radius 2 is 2.05 bits per heavy atom. The van der Waals surface area contributed by atoms with E-state index in [1.165, 1.54) is 0 Å². The zero-order chi connectivity index (χ0) is 13.9. The maximum atomic E-state index is 12.6. The van der Waals surface area contributed by atoms with Crippen molar-refractivity contribution >= 4 is 11.7 Å². The lowest BCUT2D eigenvalue weighted by Gasteiger charge is -2.36. The molecule has 1 aromatic carbocycles. The van der Waals surface area contributed by atoms with Crippen LogP contribution in [-0.4, -0.2) is 35.8 Å². The maximum Gasteiger partial charge on any atom is 0.252 e. The van der Waals surface area contributed by atoms with Crippen molar-refractivity contribution in [3.63, 3.8) is 0 Å². The predicted octanol–water partition coefficient (Wildman–Crippen LogP) is 2.10. The van der Waals surface area contributed by atoms with E-state index in [0.717, 1.165) is 18.4 Å². The maximum absolute atomic E-state index is 12.6. The van der Waals surface area contributed by atoms with Crippen molar-refractivity contribution < 1.29 is 14.3 Å². The van der Waals surface area contributed by atoms with Gasteiger partial charge in [-0.25, -0.2) is 0 Å². The van der Waals surface area contributed by atoms with E-state index in [0.29, 0.717) is 26.0 Å². The molecule has 0 saturated carbocycles. The molecule has 0 aromatic heterocycles. The SMILES string of the molecule is O=C1CCN(C(=O)[C@H]2CCCO2)C(c2ccccc2)C1. The van der Waals surface area contributed by atoms with Gasteiger partial charge >= 0.3 is 0 Å². The average molecular weight is 273 g/mol. The smallest absolute Gasteiger partial charge is 0.252 e. The molecule has 1 aromatic rings. The van der Waals surface area contributed by atoms with Gasteiger partial charge in [0.05, 0.1) is 6.04 Å². The Morgan fingerprint density at radius 3 is 2.75 bits per heavy atom. The standard InChI is InChI=1S/C16H19NO3/c18-13-8-9-17(16(19)15-7-4-10-20-15)14(11-13)12-5-2-1-3-6-12/h1-3,5-6,14-15H,4,7-11H2/t14?,15-/m1/s1. The largest absolute Gasteiger partial charge is 0.368 e. The molecule has 2 saturated heterocycles. The Morgan fingerprint density at radius 1 is 1.25 bits per heavy atom. The Bertz CT molecular complexity index is 494. The first-order chi connectivity index (χ1) is 9.75. The number of likely N-dealkylation sites (tertiary alicyclic amines) is 1. The second-order valence-corrected chi connectivity index (χ2v) is 5.45. The van der Waals surface area contributed by atoms with Gasteiger partial charge in [-0.2, -0.15) is 0 Å². The van der Waals surface area contributed by atoms with Crippen LogP contribution in [0.3, 0.4) is 0 Å². The number of nitrogens with zero attached hydrogens (tertiary/aromatic N) is 1. The monoisotopic (exact) mass is 273 g/mol. The number of amides is 1. The summed E-state index contributed by atoms with van der Waals surface area (Å²) in [5, 5.41) is 0. The van der Waals surface area contributed by atoms with Gasteiger partial charge in [0.15, 0.2) is 0 Å². The molecule has 1 unspecified atom stereocenters. The first kappa shape index (κ1) is 13.3. The molecule has 0 bridgehead atoms. The van der Waals surface area contributed by atoms with Crippen LogP contribution in [0.15, 0.2) is 30.3 Å². The number of benzene rings is 1. The summed E-state index contributed by atoms with van der Waals surface area (Å²) in [4.78, 5) is 26.2. The van der Waals surface area contributed by atoms with Gasteiger partial charge < -0.3 is 9.64 Å². The third-order valence-corrected chi connectivity index (χ3v) is 4.10. The number of piperidine rings is 1. The summed E-state index contributed by atoms with van der Waals surface area (Å²) in [6.07, 6.45) is 2.31. The summed E-state index contributed by atoms with van der Waals surface area (Å²) in [6, 6.07) is 9.68. The normalized spacial score (nSPS) is 26.8. The van der Waals surface area contributed by atoms with Crippen LogP contribution < -0.4 is 0 Å². The van der Waals surface area contributed by atoms with Crippen LogP contribution in [0.5, 0.6) is 0 Å². The van der Waals surface area contributed by atoms with Gasteiger partial charge in [0, 0.05) is 26.0 Å². The van der Waals surface area contributed by atoms with E-state index in [1.54, 1.807) is 0 Å². The number of ether oxygens (including phenoxy) is 1. The molecule has 3 rings (SSSR count). The molecule has 4 nitrogen and oxygen atoms in total. The highest BCUT2D eigenvalue weighted by molar-refractivity contribution is 5.86. The third kappa shape index (κ3) is 2.61. The topological polar surface area (TPSA) is 46.6 Å². The second kappa shape index (κ2) is 5.75. The van der Waals surface area contributed by atoms with E-state index in [1.807, 2.05) is 35.2 Å². The lowest BCUT2D eigenvalue weighted by atomic mass is 9.93. The number of carbonyl (C=O) groups is 2. The number of rotatable bonds is 2. The van der Waals surface area contributed by atoms with Crippen LogP contribution in [-0.2, 0) is 14.3 Å². The Balaban J connectivity index is 1.83. The van der Waals surface area contributed by atoms with Crippen LogP contribution in [0.4, 0.5) is 0 Å². The molecule has 2 heterocycles. The van der Waals surface area contributed by atoms with Crippen LogP contribution in [0.2, 0.25) is 0 Å². The van der Waals surface area contributed by atoms with Gasteiger partial charge in [0.25, 0.3) is 5.91 Å². The number of hydrogen-bond donors (Lipinski definition) is 0. The summed E-state index contributed by atoms with van der Waals surface area (Å²) in [5.41, 5.74) is 1.03. The van der Waals surface area contributed by atoms with Crippen molar-refractivity contribution in [3.05, 3.63) is 35.9 Å². The minimum Gasteiger partial charge on any atom is -0.368 e. The van der Waals surface area contributed by atoms with Gasteiger partial charge in [-0.05, 0) is 18.4 Å². The van der Waals surface area contributed by atoms with E-state index < -0.39 is 0 Å². The molecule has 4 heteroatoms. The number of hydrogen-bond acceptors (Lipinski definition) is 3. The minimum absolute atomic E-state index is 0.0452. The summed E-state index contributed by atoms with van der Waals surface area (Å²) in [5.74, 6) is 0.277. The van der Waals surface area contributed by atoms with Gasteiger partial charge in [-0.3, -0.25) is 9.59 Å². The van der Waals surface area contributed by atoms with Crippen molar-refractivity contribution in [2.75, 3.05) is 13.2 Å². The molecule has 0 N–H and O–H groups in total. The van der Waals surface area contributed by atoms with Crippen molar-refractivity contribution in [3.8, 4) is 0 Å².